The van der Waals surface area contributed by atoms with Crippen molar-refractivity contribution < 1.29 is 51.6 Å². The van der Waals surface area contributed by atoms with Crippen LogP contribution in [0, 0.1) is 6.92 Å². The third-order valence-electron chi connectivity index (χ3n) is 6.47. The van der Waals surface area contributed by atoms with E-state index < -0.39 is 83.1 Å². The zero-order chi connectivity index (χ0) is 29.4. The van der Waals surface area contributed by atoms with Gasteiger partial charge < -0.3 is 25.2 Å². The van der Waals surface area contributed by atoms with Gasteiger partial charge in [0.2, 0.25) is 6.23 Å². The molecule has 0 amide bonds. The second-order valence-electron chi connectivity index (χ2n) is 9.21. The molecule has 4 heterocycles. The predicted octanol–water partition coefficient (Wildman–Crippen LogP) is -1.78. The lowest BCUT2D eigenvalue weighted by molar-refractivity contribution is -0.775. The van der Waals surface area contributed by atoms with E-state index in [0.29, 0.717) is 0 Å². The summed E-state index contributed by atoms with van der Waals surface area (Å²) in [6.07, 6.45) is -4.27. The Morgan fingerprint density at radius 1 is 1.25 bits per heavy atom. The molecule has 2 saturated heterocycles. The molecule has 2 aliphatic rings. The molecule has 8 atom stereocenters. The quantitative estimate of drug-likeness (QED) is 0.148. The number of aryl methyl sites for hydroxylation is 1. The van der Waals surface area contributed by atoms with Crippen LogP contribution in [0.5, 0.6) is 0 Å². The third kappa shape index (κ3) is 6.80. The van der Waals surface area contributed by atoms with Gasteiger partial charge in [-0.15, -0.1) is 9.42 Å². The van der Waals surface area contributed by atoms with Gasteiger partial charge in [0.25, 0.3) is 5.56 Å². The number of phosphoric acid groups is 1. The zero-order valence-corrected chi connectivity index (χ0v) is 23.1. The van der Waals surface area contributed by atoms with Crippen molar-refractivity contribution in [1.82, 2.24) is 14.1 Å². The van der Waals surface area contributed by atoms with Crippen molar-refractivity contribution >= 4 is 21.9 Å². The van der Waals surface area contributed by atoms with Gasteiger partial charge in [-0.1, -0.05) is 0 Å². The Kier molecular flexibility index (Phi) is 9.16. The van der Waals surface area contributed by atoms with Crippen LogP contribution in [0.15, 0.2) is 32.8 Å². The molecular weight excluding hydrogens is 580 g/mol. The molecule has 0 aromatic carbocycles. The zero-order valence-electron chi connectivity index (χ0n) is 21.3. The SMILES string of the molecule is Cc1cn([C@H]2C[C@H](O)[C@@H](COP(=O)(O)O[C@H]3C[C@H]([n+]4ccc(N)n(C)c4=O)O[C@@H]3CO[P+](=O)O)O2)c(=O)[nH]c1=O. The Labute approximate surface area is 226 Å². The van der Waals surface area contributed by atoms with E-state index >= 15 is 0 Å². The van der Waals surface area contributed by atoms with Crippen molar-refractivity contribution in [2.75, 3.05) is 18.9 Å². The lowest BCUT2D eigenvalue weighted by Crippen LogP contribution is -2.56. The molecule has 18 nitrogen and oxygen atoms in total. The second-order valence-corrected chi connectivity index (χ2v) is 11.3. The number of ether oxygens (including phenoxy) is 2. The Hall–Kier alpha value is -2.63. The third-order valence-corrected chi connectivity index (χ3v) is 7.85. The summed E-state index contributed by atoms with van der Waals surface area (Å²) in [6, 6.07) is 1.44. The summed E-state index contributed by atoms with van der Waals surface area (Å²) in [5.41, 5.74) is 4.08. The molecule has 0 spiro atoms. The number of aliphatic hydroxyl groups excluding tert-OH is 1. The van der Waals surface area contributed by atoms with Crippen molar-refractivity contribution in [2.24, 2.45) is 7.05 Å². The number of nitrogens with two attached hydrogens (primary N) is 1. The number of phosphoric ester groups is 1. The predicted molar refractivity (Wildman–Crippen MR) is 132 cm³/mol. The first-order valence-corrected chi connectivity index (χ1v) is 14.5. The van der Waals surface area contributed by atoms with Crippen LogP contribution in [0.2, 0.25) is 0 Å². The lowest BCUT2D eigenvalue weighted by Gasteiger charge is -2.21. The molecule has 0 aliphatic carbocycles. The van der Waals surface area contributed by atoms with Gasteiger partial charge in [-0.25, -0.2) is 9.36 Å². The first kappa shape index (κ1) is 30.3. The summed E-state index contributed by atoms with van der Waals surface area (Å²) in [4.78, 5) is 57.9. The molecule has 2 fully saturated rings. The highest BCUT2D eigenvalue weighted by molar-refractivity contribution is 7.47. The van der Waals surface area contributed by atoms with Gasteiger partial charge in [0.05, 0.1) is 19.8 Å². The molecule has 2 aliphatic heterocycles. The average molecular weight is 609 g/mol. The van der Waals surface area contributed by atoms with Crippen molar-refractivity contribution in [2.45, 2.75) is 56.6 Å². The molecule has 6 N–H and O–H groups in total. The number of aliphatic hydroxyl groups is 1. The lowest BCUT2D eigenvalue weighted by atomic mass is 10.2. The fraction of sp³-hybridized carbons (Fsp3) is 0.600. The summed E-state index contributed by atoms with van der Waals surface area (Å²) in [5.74, 6) is 0.177. The minimum atomic E-state index is -4.86. The normalized spacial score (nSPS) is 28.5. The molecule has 2 unspecified atom stereocenters. The van der Waals surface area contributed by atoms with Crippen LogP contribution in [-0.4, -0.2) is 66.6 Å². The number of anilines is 1. The van der Waals surface area contributed by atoms with Crippen LogP contribution < -0.4 is 27.2 Å². The van der Waals surface area contributed by atoms with Crippen molar-refractivity contribution in [3.05, 3.63) is 55.3 Å². The highest BCUT2D eigenvalue weighted by atomic mass is 31.2. The maximum atomic E-state index is 12.8. The Balaban J connectivity index is 1.43. The number of hydrogen-bond donors (Lipinski definition) is 5. The van der Waals surface area contributed by atoms with E-state index in [9.17, 15) is 33.5 Å². The van der Waals surface area contributed by atoms with E-state index in [0.717, 1.165) is 13.7 Å². The topological polar surface area (TPSA) is 248 Å². The maximum Gasteiger partial charge on any atom is 0.694 e. The van der Waals surface area contributed by atoms with E-state index in [2.05, 4.69) is 4.98 Å². The molecular formula is C20H29N5O13P2+2. The van der Waals surface area contributed by atoms with Gasteiger partial charge in [-0.3, -0.25) is 23.4 Å². The molecule has 220 valence electrons. The fourth-order valence-electron chi connectivity index (χ4n) is 4.31. The fourth-order valence-corrected chi connectivity index (χ4v) is 5.54. The monoisotopic (exact) mass is 609 g/mol. The Bertz CT molecular complexity index is 1490. The molecule has 2 aromatic heterocycles. The van der Waals surface area contributed by atoms with Crippen LogP contribution in [-0.2, 0) is 39.2 Å². The van der Waals surface area contributed by atoms with E-state index in [1.807, 2.05) is 0 Å². The van der Waals surface area contributed by atoms with Gasteiger partial charge in [0, 0.05) is 35.2 Å². The maximum absolute atomic E-state index is 12.8. The number of aromatic nitrogens is 4. The number of hydrogen-bond acceptors (Lipinski definition) is 12. The number of H-pyrrole nitrogens is 1. The van der Waals surface area contributed by atoms with Gasteiger partial charge in [-0.05, 0) is 6.92 Å². The van der Waals surface area contributed by atoms with Gasteiger partial charge in [0.1, 0.15) is 37.3 Å². The molecule has 4 rings (SSSR count). The van der Waals surface area contributed by atoms with Crippen molar-refractivity contribution in [3.8, 4) is 0 Å². The van der Waals surface area contributed by atoms with E-state index in [1.165, 1.54) is 32.4 Å². The second kappa shape index (κ2) is 12.1. The van der Waals surface area contributed by atoms with E-state index in [-0.39, 0.29) is 24.2 Å². The first-order chi connectivity index (χ1) is 18.8. The number of nitrogens with one attached hydrogen (secondary N) is 1. The summed E-state index contributed by atoms with van der Waals surface area (Å²) < 4.78 is 53.6. The highest BCUT2D eigenvalue weighted by Gasteiger charge is 2.46. The average Bonchev–Trinajstić information content (AvgIpc) is 3.44. The molecule has 40 heavy (non-hydrogen) atoms. The Morgan fingerprint density at radius 2 is 1.98 bits per heavy atom. The number of rotatable bonds is 10. The molecule has 2 aromatic rings. The number of nitrogens with zero attached hydrogens (tertiary/aromatic N) is 3. The largest absolute Gasteiger partial charge is 0.694 e. The molecule has 0 bridgehead atoms. The molecule has 0 radical (unpaired) electrons. The van der Waals surface area contributed by atoms with E-state index in [1.54, 1.807) is 0 Å². The van der Waals surface area contributed by atoms with E-state index in [4.69, 9.17) is 33.7 Å². The van der Waals surface area contributed by atoms with Crippen molar-refractivity contribution in [1.29, 1.82) is 0 Å². The number of nitrogen functional groups attached to an aromatic ring is 1. The minimum Gasteiger partial charge on any atom is -0.390 e. The molecule has 20 heteroatoms. The standard InChI is InChI=1S/C20H27N5O13P2/c1-10-7-25(19(28)22-18(10)27)16-5-11(26)13(36-16)9-35-40(32,33)38-12-6-17(37-14(12)8-34-39(30)31)24-4-3-15(21)23(2)20(24)29/h3-4,7,11-14,16-17,21,26H,5-6,8-9H2,1-2H3,(H2-,22,27,28,30,31,32,33)/p+2/t11-,12-,13+,14+,16+,17+/m0/s1. The number of aromatic amines is 1. The van der Waals surface area contributed by atoms with Crippen LogP contribution in [0.25, 0.3) is 0 Å². The van der Waals surface area contributed by atoms with Crippen LogP contribution >= 0.6 is 16.1 Å². The van der Waals surface area contributed by atoms with Gasteiger partial charge >= 0.3 is 27.5 Å². The van der Waals surface area contributed by atoms with Crippen LogP contribution in [0.1, 0.15) is 30.9 Å². The van der Waals surface area contributed by atoms with Crippen molar-refractivity contribution in [3.63, 3.8) is 0 Å². The first-order valence-electron chi connectivity index (χ1n) is 11.9. The molecule has 0 saturated carbocycles. The highest BCUT2D eigenvalue weighted by Crippen LogP contribution is 2.48. The van der Waals surface area contributed by atoms with Crippen LogP contribution in [0.4, 0.5) is 5.82 Å². The Morgan fingerprint density at radius 3 is 2.67 bits per heavy atom. The van der Waals surface area contributed by atoms with Gasteiger partial charge in [0.15, 0.2) is 5.82 Å². The van der Waals surface area contributed by atoms with Crippen LogP contribution in [0.3, 0.4) is 0 Å². The summed E-state index contributed by atoms with van der Waals surface area (Å²) in [6.45, 7) is 0.358. The van der Waals surface area contributed by atoms with Gasteiger partial charge in [-0.2, -0.15) is 13.9 Å². The summed E-state index contributed by atoms with van der Waals surface area (Å²) >= 11 is 0. The summed E-state index contributed by atoms with van der Waals surface area (Å²) in [7, 11) is -6.45. The minimum absolute atomic E-state index is 0.0688. The summed E-state index contributed by atoms with van der Waals surface area (Å²) in [5, 5.41) is 10.4. The smallest absolute Gasteiger partial charge is 0.390 e.